The van der Waals surface area contributed by atoms with E-state index in [4.69, 9.17) is 13.9 Å². The number of anilines is 1. The summed E-state index contributed by atoms with van der Waals surface area (Å²) in [5, 5.41) is 11.3. The summed E-state index contributed by atoms with van der Waals surface area (Å²) in [6.07, 6.45) is 2.26. The Morgan fingerprint density at radius 3 is 2.57 bits per heavy atom. The first-order chi connectivity index (χ1) is 16.9. The van der Waals surface area contributed by atoms with E-state index in [1.54, 1.807) is 50.2 Å². The number of hydrogen-bond acceptors (Lipinski definition) is 9. The molecular weight excluding hydrogens is 472 g/mol. The second-order valence-electron chi connectivity index (χ2n) is 7.69. The molecular formula is C25H24N2O7S. The van der Waals surface area contributed by atoms with Crippen LogP contribution in [-0.2, 0) is 14.3 Å². The average Bonchev–Trinajstić information content (AvgIpc) is 3.57. The van der Waals surface area contributed by atoms with Gasteiger partial charge in [0.05, 0.1) is 30.7 Å². The molecule has 4 rings (SSSR count). The summed E-state index contributed by atoms with van der Waals surface area (Å²) in [4.78, 5) is 44.3. The number of amides is 1. The van der Waals surface area contributed by atoms with Gasteiger partial charge in [0.2, 0.25) is 0 Å². The molecule has 0 bridgehead atoms. The van der Waals surface area contributed by atoms with Gasteiger partial charge in [0.25, 0.3) is 5.78 Å². The molecule has 0 radical (unpaired) electrons. The highest BCUT2D eigenvalue weighted by Gasteiger charge is 2.49. The first-order valence-corrected chi connectivity index (χ1v) is 11.9. The number of esters is 1. The topological polar surface area (TPSA) is 119 Å². The molecule has 1 atom stereocenters. The Labute approximate surface area is 205 Å². The van der Waals surface area contributed by atoms with Crippen molar-refractivity contribution in [2.24, 2.45) is 0 Å². The largest absolute Gasteiger partial charge is 0.507 e. The molecule has 1 amide bonds. The summed E-state index contributed by atoms with van der Waals surface area (Å²) >= 11 is 0.936. The van der Waals surface area contributed by atoms with Crippen molar-refractivity contribution in [3.63, 3.8) is 0 Å². The Morgan fingerprint density at radius 1 is 1.20 bits per heavy atom. The minimum atomic E-state index is -1.07. The van der Waals surface area contributed by atoms with Gasteiger partial charge < -0.3 is 19.0 Å². The minimum Gasteiger partial charge on any atom is -0.507 e. The highest BCUT2D eigenvalue weighted by molar-refractivity contribution is 7.17. The summed E-state index contributed by atoms with van der Waals surface area (Å²) in [5.74, 6) is -1.81. The molecule has 35 heavy (non-hydrogen) atoms. The molecule has 1 saturated heterocycles. The van der Waals surface area contributed by atoms with Gasteiger partial charge in [0.15, 0.2) is 5.13 Å². The number of rotatable bonds is 8. The number of Topliss-reactive ketones (excluding diaryl/α,β-unsaturated/α-hetero) is 1. The van der Waals surface area contributed by atoms with Crippen LogP contribution < -0.4 is 9.64 Å². The highest BCUT2D eigenvalue weighted by atomic mass is 32.1. The van der Waals surface area contributed by atoms with Crippen molar-refractivity contribution in [1.29, 1.82) is 0 Å². The van der Waals surface area contributed by atoms with Crippen LogP contribution in [0.4, 0.5) is 5.13 Å². The molecule has 182 valence electrons. The zero-order chi connectivity index (χ0) is 25.1. The number of ketones is 1. The van der Waals surface area contributed by atoms with E-state index in [1.165, 1.54) is 6.26 Å². The van der Waals surface area contributed by atoms with Crippen LogP contribution in [0.1, 0.15) is 53.0 Å². The van der Waals surface area contributed by atoms with Crippen LogP contribution in [0.2, 0.25) is 0 Å². The molecule has 0 saturated carbocycles. The number of furan rings is 1. The zero-order valence-corrected chi connectivity index (χ0v) is 20.3. The molecule has 1 fully saturated rings. The number of ether oxygens (including phenoxy) is 2. The number of carbonyl (C=O) groups excluding carboxylic acids is 3. The molecule has 0 unspecified atom stereocenters. The molecule has 9 nitrogen and oxygen atoms in total. The lowest BCUT2D eigenvalue weighted by atomic mass is 9.99. The fourth-order valence-electron chi connectivity index (χ4n) is 3.70. The van der Waals surface area contributed by atoms with Crippen molar-refractivity contribution in [2.75, 3.05) is 18.1 Å². The molecule has 0 spiro atoms. The summed E-state index contributed by atoms with van der Waals surface area (Å²) in [7, 11) is 0. The Hall–Kier alpha value is -3.92. The Kier molecular flexibility index (Phi) is 7.02. The highest BCUT2D eigenvalue weighted by Crippen LogP contribution is 2.44. The van der Waals surface area contributed by atoms with Gasteiger partial charge in [-0.15, -0.1) is 0 Å². The van der Waals surface area contributed by atoms with Crippen molar-refractivity contribution in [1.82, 2.24) is 4.98 Å². The summed E-state index contributed by atoms with van der Waals surface area (Å²) in [6.45, 7) is 6.04. The molecule has 1 aliphatic rings. The van der Waals surface area contributed by atoms with Crippen molar-refractivity contribution in [3.8, 4) is 5.75 Å². The van der Waals surface area contributed by atoms with Gasteiger partial charge >= 0.3 is 11.9 Å². The third kappa shape index (κ3) is 4.57. The van der Waals surface area contributed by atoms with Crippen LogP contribution in [0.25, 0.3) is 5.76 Å². The van der Waals surface area contributed by atoms with Crippen molar-refractivity contribution >= 4 is 39.9 Å². The lowest BCUT2D eigenvalue weighted by Gasteiger charge is -2.20. The first kappa shape index (κ1) is 24.2. The number of carbonyl (C=O) groups is 3. The quantitative estimate of drug-likeness (QED) is 0.207. The molecule has 3 aromatic rings. The van der Waals surface area contributed by atoms with Crippen LogP contribution in [0.15, 0.2) is 52.7 Å². The van der Waals surface area contributed by atoms with E-state index in [2.05, 4.69) is 4.98 Å². The maximum absolute atomic E-state index is 13.2. The Bertz CT molecular complexity index is 1280. The van der Waals surface area contributed by atoms with Gasteiger partial charge in [-0.2, -0.15) is 0 Å². The zero-order valence-electron chi connectivity index (χ0n) is 19.4. The standard InChI is InChI=1S/C25H24N2O7S/c1-4-12-33-16-10-8-15(9-11-16)20(28)18-19(17-7-6-13-34-17)27(23(30)21(18)29)25-26-14(3)22(35-25)24(31)32-5-2/h6-11,13,19,28H,4-5,12H2,1-3H3/b20-18+/t19-/m1/s1. The van der Waals surface area contributed by atoms with Crippen LogP contribution in [-0.4, -0.2) is 41.0 Å². The van der Waals surface area contributed by atoms with Gasteiger partial charge in [0.1, 0.15) is 28.2 Å². The molecule has 1 aromatic carbocycles. The van der Waals surface area contributed by atoms with E-state index in [-0.39, 0.29) is 33.7 Å². The number of nitrogens with zero attached hydrogens (tertiary/aromatic N) is 2. The lowest BCUT2D eigenvalue weighted by molar-refractivity contribution is -0.132. The van der Waals surface area contributed by atoms with E-state index >= 15 is 0 Å². The van der Waals surface area contributed by atoms with E-state index in [1.807, 2.05) is 6.92 Å². The SMILES string of the molecule is CCCOc1ccc(/C(O)=C2\C(=O)C(=O)N(c3nc(C)c(C(=O)OCC)s3)[C@@H]2c2ccco2)cc1. The summed E-state index contributed by atoms with van der Waals surface area (Å²) in [6, 6.07) is 8.73. The number of hydrogen-bond donors (Lipinski definition) is 1. The van der Waals surface area contributed by atoms with Crippen molar-refractivity contribution in [3.05, 3.63) is 70.1 Å². The Morgan fingerprint density at radius 2 is 1.94 bits per heavy atom. The predicted octanol–water partition coefficient (Wildman–Crippen LogP) is 4.64. The molecule has 3 heterocycles. The van der Waals surface area contributed by atoms with Crippen LogP contribution in [0.5, 0.6) is 5.75 Å². The predicted molar refractivity (Wildman–Crippen MR) is 129 cm³/mol. The molecule has 2 aromatic heterocycles. The molecule has 10 heteroatoms. The van der Waals surface area contributed by atoms with Crippen LogP contribution in [0, 0.1) is 6.92 Å². The minimum absolute atomic E-state index is 0.122. The fraction of sp³-hybridized carbons (Fsp3) is 0.280. The van der Waals surface area contributed by atoms with Crippen molar-refractivity contribution < 1.29 is 33.4 Å². The Balaban J connectivity index is 1.79. The third-order valence-electron chi connectivity index (χ3n) is 5.31. The summed E-state index contributed by atoms with van der Waals surface area (Å²) < 4.78 is 16.2. The van der Waals surface area contributed by atoms with E-state index in [0.29, 0.717) is 23.6 Å². The van der Waals surface area contributed by atoms with E-state index in [0.717, 1.165) is 22.7 Å². The van der Waals surface area contributed by atoms with Gasteiger partial charge in [-0.3, -0.25) is 14.5 Å². The maximum Gasteiger partial charge on any atom is 0.350 e. The van der Waals surface area contributed by atoms with Crippen LogP contribution in [0.3, 0.4) is 0 Å². The molecule has 1 N–H and O–H groups in total. The second kappa shape index (κ2) is 10.1. The fourth-order valence-corrected chi connectivity index (χ4v) is 4.69. The molecule has 0 aliphatic carbocycles. The molecule has 1 aliphatic heterocycles. The second-order valence-corrected chi connectivity index (χ2v) is 8.67. The number of thiazole rings is 1. The number of aryl methyl sites for hydroxylation is 1. The summed E-state index contributed by atoms with van der Waals surface area (Å²) in [5.41, 5.74) is 0.565. The van der Waals surface area contributed by atoms with Gasteiger partial charge in [-0.05, 0) is 56.7 Å². The van der Waals surface area contributed by atoms with E-state index in [9.17, 15) is 19.5 Å². The first-order valence-electron chi connectivity index (χ1n) is 11.1. The van der Waals surface area contributed by atoms with Gasteiger partial charge in [-0.1, -0.05) is 18.3 Å². The number of benzene rings is 1. The number of aliphatic hydroxyl groups excluding tert-OH is 1. The van der Waals surface area contributed by atoms with Gasteiger partial charge in [-0.25, -0.2) is 9.78 Å². The van der Waals surface area contributed by atoms with Crippen molar-refractivity contribution in [2.45, 2.75) is 33.2 Å². The number of aliphatic hydroxyl groups is 1. The smallest absolute Gasteiger partial charge is 0.350 e. The average molecular weight is 497 g/mol. The monoisotopic (exact) mass is 496 g/mol. The lowest BCUT2D eigenvalue weighted by Crippen LogP contribution is -2.29. The maximum atomic E-state index is 13.2. The normalized spacial score (nSPS) is 17.1. The van der Waals surface area contributed by atoms with Crippen LogP contribution >= 0.6 is 11.3 Å². The van der Waals surface area contributed by atoms with Gasteiger partial charge in [0, 0.05) is 5.56 Å². The van der Waals surface area contributed by atoms with E-state index < -0.39 is 23.7 Å². The number of aromatic nitrogens is 1. The third-order valence-corrected chi connectivity index (χ3v) is 6.45.